The predicted octanol–water partition coefficient (Wildman–Crippen LogP) is 4.33. The molecular formula is C26H25N3O2. The van der Waals surface area contributed by atoms with Crippen LogP contribution < -0.4 is 5.32 Å². The maximum absolute atomic E-state index is 13.1. The van der Waals surface area contributed by atoms with E-state index in [1.54, 1.807) is 24.1 Å². The molecule has 0 saturated heterocycles. The fourth-order valence-electron chi connectivity index (χ4n) is 3.75. The number of aromatic nitrogens is 1. The molecule has 0 aliphatic carbocycles. The number of fused-ring (bicyclic) bond motifs is 1. The summed E-state index contributed by atoms with van der Waals surface area (Å²) >= 11 is 0. The first-order chi connectivity index (χ1) is 15.1. The fraction of sp³-hybridized carbons (Fsp3) is 0.154. The van der Waals surface area contributed by atoms with Gasteiger partial charge in [0.05, 0.1) is 0 Å². The van der Waals surface area contributed by atoms with E-state index in [-0.39, 0.29) is 18.4 Å². The van der Waals surface area contributed by atoms with Crippen LogP contribution in [0, 0.1) is 0 Å². The summed E-state index contributed by atoms with van der Waals surface area (Å²) in [4.78, 5) is 26.5. The van der Waals surface area contributed by atoms with Crippen LogP contribution in [0.15, 0.2) is 84.9 Å². The quantitative estimate of drug-likeness (QED) is 0.514. The number of para-hydroxylation sites is 1. The van der Waals surface area contributed by atoms with E-state index in [4.69, 9.17) is 0 Å². The van der Waals surface area contributed by atoms with Crippen molar-refractivity contribution in [1.82, 2.24) is 14.8 Å². The molecule has 0 fully saturated rings. The van der Waals surface area contributed by atoms with E-state index in [1.165, 1.54) is 0 Å². The molecule has 1 heterocycles. The van der Waals surface area contributed by atoms with Crippen LogP contribution in [-0.4, -0.2) is 35.4 Å². The third-order valence-electron chi connectivity index (χ3n) is 5.46. The number of hydrogen-bond acceptors (Lipinski definition) is 2. The van der Waals surface area contributed by atoms with E-state index in [2.05, 4.69) is 34.1 Å². The van der Waals surface area contributed by atoms with Crippen LogP contribution in [0.25, 0.3) is 22.2 Å². The molecule has 0 spiro atoms. The Morgan fingerprint density at radius 2 is 1.58 bits per heavy atom. The molecule has 0 aliphatic heterocycles. The number of amides is 2. The number of likely N-dealkylation sites (N-methyl/N-ethyl adjacent to an activating group) is 1. The number of carbonyl (C=O) groups is 2. The second kappa shape index (κ2) is 8.88. The summed E-state index contributed by atoms with van der Waals surface area (Å²) in [5.74, 6) is -0.0992. The molecule has 0 radical (unpaired) electrons. The fourth-order valence-corrected chi connectivity index (χ4v) is 3.75. The molecule has 3 aromatic carbocycles. The molecule has 0 saturated carbocycles. The monoisotopic (exact) mass is 411 g/mol. The second-order valence-corrected chi connectivity index (χ2v) is 7.57. The summed E-state index contributed by atoms with van der Waals surface area (Å²) in [7, 11) is 3.42. The van der Waals surface area contributed by atoms with Crippen molar-refractivity contribution in [3.63, 3.8) is 0 Å². The lowest BCUT2D eigenvalue weighted by atomic mass is 10.1. The Kier molecular flexibility index (Phi) is 5.85. The van der Waals surface area contributed by atoms with E-state index >= 15 is 0 Å². The minimum atomic E-state index is -0.121. The summed E-state index contributed by atoms with van der Waals surface area (Å²) in [6, 6.07) is 27.7. The molecule has 0 atom stereocenters. The van der Waals surface area contributed by atoms with Crippen LogP contribution in [0.3, 0.4) is 0 Å². The third-order valence-corrected chi connectivity index (χ3v) is 5.46. The van der Waals surface area contributed by atoms with Gasteiger partial charge in [0, 0.05) is 42.8 Å². The van der Waals surface area contributed by atoms with Gasteiger partial charge in [0.1, 0.15) is 6.54 Å². The summed E-state index contributed by atoms with van der Waals surface area (Å²) in [5, 5.41) is 3.72. The zero-order valence-corrected chi connectivity index (χ0v) is 17.7. The Labute approximate surface area is 181 Å². The number of hydrogen-bond donors (Lipinski definition) is 1. The summed E-state index contributed by atoms with van der Waals surface area (Å²) in [5.41, 5.74) is 4.73. The summed E-state index contributed by atoms with van der Waals surface area (Å²) in [6.45, 7) is 0.733. The van der Waals surface area contributed by atoms with Crippen LogP contribution in [0.1, 0.15) is 15.9 Å². The van der Waals surface area contributed by atoms with E-state index in [9.17, 15) is 9.59 Å². The number of nitrogens with one attached hydrogen (secondary N) is 1. The molecule has 4 rings (SSSR count). The first-order valence-corrected chi connectivity index (χ1v) is 10.3. The van der Waals surface area contributed by atoms with Crippen molar-refractivity contribution in [1.29, 1.82) is 0 Å². The van der Waals surface area contributed by atoms with Gasteiger partial charge in [-0.2, -0.15) is 0 Å². The lowest BCUT2D eigenvalue weighted by molar-refractivity contribution is -0.130. The molecule has 0 bridgehead atoms. The van der Waals surface area contributed by atoms with Gasteiger partial charge in [0.2, 0.25) is 5.91 Å². The van der Waals surface area contributed by atoms with Gasteiger partial charge in [-0.05, 0) is 35.4 Å². The van der Waals surface area contributed by atoms with Crippen LogP contribution in [-0.2, 0) is 17.9 Å². The highest BCUT2D eigenvalue weighted by molar-refractivity contribution is 5.94. The SMILES string of the molecule is CNC(=O)c1ccc(CN(C)C(=O)Cn2c(-c3ccccc3)cc3ccccc32)cc1. The maximum Gasteiger partial charge on any atom is 0.251 e. The molecule has 0 unspecified atom stereocenters. The average molecular weight is 412 g/mol. The first kappa shape index (κ1) is 20.4. The Bertz CT molecular complexity index is 1210. The van der Waals surface area contributed by atoms with Crippen molar-refractivity contribution in [2.45, 2.75) is 13.1 Å². The van der Waals surface area contributed by atoms with Crippen molar-refractivity contribution in [2.24, 2.45) is 0 Å². The van der Waals surface area contributed by atoms with Crippen molar-refractivity contribution >= 4 is 22.7 Å². The van der Waals surface area contributed by atoms with Gasteiger partial charge >= 0.3 is 0 Å². The topological polar surface area (TPSA) is 54.3 Å². The Balaban J connectivity index is 1.56. The van der Waals surface area contributed by atoms with E-state index < -0.39 is 0 Å². The van der Waals surface area contributed by atoms with Gasteiger partial charge in [0.15, 0.2) is 0 Å². The van der Waals surface area contributed by atoms with Crippen molar-refractivity contribution in [2.75, 3.05) is 14.1 Å². The largest absolute Gasteiger partial charge is 0.355 e. The number of benzene rings is 3. The minimum absolute atomic E-state index is 0.0221. The number of rotatable bonds is 6. The second-order valence-electron chi connectivity index (χ2n) is 7.57. The lowest BCUT2D eigenvalue weighted by Gasteiger charge is -2.19. The lowest BCUT2D eigenvalue weighted by Crippen LogP contribution is -2.30. The molecule has 4 aromatic rings. The van der Waals surface area contributed by atoms with Gasteiger partial charge < -0.3 is 14.8 Å². The standard InChI is InChI=1S/C26H25N3O2/c1-27-26(31)21-14-12-19(13-15-21)17-28(2)25(30)18-29-23-11-7-6-10-22(23)16-24(29)20-8-4-3-5-9-20/h3-16H,17-18H2,1-2H3,(H,27,31). The molecule has 5 nitrogen and oxygen atoms in total. The van der Waals surface area contributed by atoms with E-state index in [0.717, 1.165) is 27.7 Å². The molecule has 2 amide bonds. The van der Waals surface area contributed by atoms with Gasteiger partial charge in [-0.3, -0.25) is 9.59 Å². The van der Waals surface area contributed by atoms with Crippen LogP contribution >= 0.6 is 0 Å². The van der Waals surface area contributed by atoms with Crippen molar-refractivity contribution in [3.8, 4) is 11.3 Å². The van der Waals surface area contributed by atoms with E-state index in [1.807, 2.05) is 55.6 Å². The van der Waals surface area contributed by atoms with E-state index in [0.29, 0.717) is 12.1 Å². The third kappa shape index (κ3) is 4.36. The highest BCUT2D eigenvalue weighted by Crippen LogP contribution is 2.28. The molecule has 0 aliphatic rings. The number of nitrogens with zero attached hydrogens (tertiary/aromatic N) is 2. The smallest absolute Gasteiger partial charge is 0.251 e. The first-order valence-electron chi connectivity index (χ1n) is 10.3. The Morgan fingerprint density at radius 1 is 0.903 bits per heavy atom. The van der Waals surface area contributed by atoms with Crippen molar-refractivity contribution in [3.05, 3.63) is 96.1 Å². The molecule has 156 valence electrons. The van der Waals surface area contributed by atoms with Crippen LogP contribution in [0.2, 0.25) is 0 Å². The summed E-state index contributed by atoms with van der Waals surface area (Å²) in [6.07, 6.45) is 0. The van der Waals surface area contributed by atoms with Gasteiger partial charge in [0.25, 0.3) is 5.91 Å². The zero-order valence-electron chi connectivity index (χ0n) is 17.7. The average Bonchev–Trinajstić information content (AvgIpc) is 3.18. The molecule has 1 N–H and O–H groups in total. The highest BCUT2D eigenvalue weighted by Gasteiger charge is 2.16. The molecular weight excluding hydrogens is 386 g/mol. The Morgan fingerprint density at radius 3 is 2.29 bits per heavy atom. The number of carbonyl (C=O) groups excluding carboxylic acids is 2. The zero-order chi connectivity index (χ0) is 21.8. The van der Waals surface area contributed by atoms with Crippen LogP contribution in [0.5, 0.6) is 0 Å². The highest BCUT2D eigenvalue weighted by atomic mass is 16.2. The van der Waals surface area contributed by atoms with Gasteiger partial charge in [-0.1, -0.05) is 60.7 Å². The summed E-state index contributed by atoms with van der Waals surface area (Å²) < 4.78 is 2.08. The molecule has 5 heteroatoms. The van der Waals surface area contributed by atoms with Gasteiger partial charge in [-0.25, -0.2) is 0 Å². The Hall–Kier alpha value is -3.86. The maximum atomic E-state index is 13.1. The van der Waals surface area contributed by atoms with Crippen LogP contribution in [0.4, 0.5) is 0 Å². The normalized spacial score (nSPS) is 10.8. The molecule has 31 heavy (non-hydrogen) atoms. The predicted molar refractivity (Wildman–Crippen MR) is 124 cm³/mol. The van der Waals surface area contributed by atoms with Gasteiger partial charge in [-0.15, -0.1) is 0 Å². The molecule has 1 aromatic heterocycles. The minimum Gasteiger partial charge on any atom is -0.355 e. The van der Waals surface area contributed by atoms with Crippen molar-refractivity contribution < 1.29 is 9.59 Å².